The minimum atomic E-state index is -1.63. The molecule has 0 spiro atoms. The van der Waals surface area contributed by atoms with E-state index in [1.165, 1.54) is 109 Å². The lowest BCUT2D eigenvalue weighted by molar-refractivity contribution is -0.870. The maximum Gasteiger partial charge on any atom is 0.306 e. The highest BCUT2D eigenvalue weighted by molar-refractivity contribution is 5.70. The van der Waals surface area contributed by atoms with Gasteiger partial charge in [-0.2, -0.15) is 0 Å². The zero-order valence-electron chi connectivity index (χ0n) is 53.8. The summed E-state index contributed by atoms with van der Waals surface area (Å²) in [5.74, 6) is -2.30. The van der Waals surface area contributed by atoms with Crippen LogP contribution in [0.2, 0.25) is 0 Å². The first-order chi connectivity index (χ1) is 40.6. The van der Waals surface area contributed by atoms with Crippen molar-refractivity contribution >= 4 is 17.9 Å². The molecular weight excluding hydrogens is 1030 g/mol. The van der Waals surface area contributed by atoms with Crippen molar-refractivity contribution in [3.63, 3.8) is 0 Å². The summed E-state index contributed by atoms with van der Waals surface area (Å²) in [4.78, 5) is 37.4. The normalized spacial score (nSPS) is 13.6. The minimum absolute atomic E-state index is 0.141. The number of ether oxygens (including phenoxy) is 4. The summed E-state index contributed by atoms with van der Waals surface area (Å²) in [6.07, 6.45) is 88.1. The van der Waals surface area contributed by atoms with Gasteiger partial charge in [0.25, 0.3) is 0 Å². The van der Waals surface area contributed by atoms with E-state index < -0.39 is 24.3 Å². The fourth-order valence-electron chi connectivity index (χ4n) is 8.79. The number of hydrogen-bond acceptors (Lipinski definition) is 8. The van der Waals surface area contributed by atoms with Gasteiger partial charge in [0.05, 0.1) is 40.3 Å². The predicted molar refractivity (Wildman–Crippen MR) is 352 cm³/mol. The summed E-state index contributed by atoms with van der Waals surface area (Å²) in [5, 5.41) is 11.8. The van der Waals surface area contributed by atoms with Gasteiger partial charge in [0.1, 0.15) is 13.2 Å². The Balaban J connectivity index is 4.11. The Morgan fingerprint density at radius 1 is 0.373 bits per heavy atom. The summed E-state index contributed by atoms with van der Waals surface area (Å²) in [6.45, 7) is 4.59. The number of likely N-dealkylation sites (N-methyl/N-ethyl adjacent to an activating group) is 1. The van der Waals surface area contributed by atoms with Crippen molar-refractivity contribution in [1.29, 1.82) is 0 Å². The number of carbonyl (C=O) groups is 3. The highest BCUT2D eigenvalue weighted by Crippen LogP contribution is 2.16. The Bertz CT molecular complexity index is 1820. The third-order valence-corrected chi connectivity index (χ3v) is 13.9. The van der Waals surface area contributed by atoms with Gasteiger partial charge in [0, 0.05) is 12.8 Å². The number of nitrogens with zero attached hydrogens (tertiary/aromatic N) is 1. The average Bonchev–Trinajstić information content (AvgIpc) is 3.46. The molecule has 0 aromatic carbocycles. The number of hydrogen-bond donors (Lipinski definition) is 0. The maximum absolute atomic E-state index is 12.9. The van der Waals surface area contributed by atoms with E-state index in [1.807, 2.05) is 21.1 Å². The second-order valence-electron chi connectivity index (χ2n) is 23.0. The first-order valence-corrected chi connectivity index (χ1v) is 33.3. The molecule has 0 radical (unpaired) electrons. The first kappa shape index (κ1) is 78.4. The fourth-order valence-corrected chi connectivity index (χ4v) is 8.79. The molecule has 0 aromatic heterocycles. The first-order valence-electron chi connectivity index (χ1n) is 33.3. The zero-order valence-corrected chi connectivity index (χ0v) is 53.8. The lowest BCUT2D eigenvalue weighted by Crippen LogP contribution is -2.44. The van der Waals surface area contributed by atoms with Crippen molar-refractivity contribution in [2.75, 3.05) is 47.5 Å². The van der Waals surface area contributed by atoms with Crippen molar-refractivity contribution in [3.8, 4) is 0 Å². The van der Waals surface area contributed by atoms with E-state index in [0.717, 1.165) is 116 Å². The number of carboxylic acid groups (broad SMARTS) is 1. The number of carbonyl (C=O) groups excluding carboxylic acids is 3. The van der Waals surface area contributed by atoms with Crippen LogP contribution in [0, 0.1) is 0 Å². The fraction of sp³-hybridized carbons (Fsp3) is 0.662. The number of aliphatic carboxylic acids is 1. The van der Waals surface area contributed by atoms with Crippen LogP contribution in [0.15, 0.2) is 134 Å². The molecule has 0 saturated carbocycles. The van der Waals surface area contributed by atoms with Gasteiger partial charge in [0.2, 0.25) is 0 Å². The molecule has 0 saturated heterocycles. The van der Waals surface area contributed by atoms with Crippen molar-refractivity contribution in [2.45, 2.75) is 270 Å². The molecule has 0 aliphatic carbocycles. The smallest absolute Gasteiger partial charge is 0.306 e. The molecule has 0 N–H and O–H groups in total. The SMILES string of the molecule is CC/C=C\C/C=C\C/C=C\C/C=C\C/C=C\C/C=C\C/C=C\C/C=C\C/C=C\CCCCCCCCCCCCCCCC(=O)OC(COC(=O)CCCCCCCCC/C=C\C/C=C\CCCCC)COC(OCC[N+](C)(C)C)C(=O)[O-]. The van der Waals surface area contributed by atoms with E-state index in [-0.39, 0.29) is 38.6 Å². The third kappa shape index (κ3) is 64.8. The Hall–Kier alpha value is -4.57. The van der Waals surface area contributed by atoms with Crippen LogP contribution in [0.3, 0.4) is 0 Å². The van der Waals surface area contributed by atoms with Crippen molar-refractivity contribution < 1.29 is 42.9 Å². The van der Waals surface area contributed by atoms with Gasteiger partial charge in [-0.1, -0.05) is 263 Å². The molecule has 2 atom stereocenters. The summed E-state index contributed by atoms with van der Waals surface area (Å²) >= 11 is 0. The molecule has 9 heteroatoms. The van der Waals surface area contributed by atoms with E-state index in [9.17, 15) is 19.5 Å². The Kier molecular flexibility index (Phi) is 60.0. The molecule has 472 valence electrons. The van der Waals surface area contributed by atoms with Gasteiger partial charge >= 0.3 is 11.9 Å². The summed E-state index contributed by atoms with van der Waals surface area (Å²) in [6, 6.07) is 0. The summed E-state index contributed by atoms with van der Waals surface area (Å²) in [5.41, 5.74) is 0. The van der Waals surface area contributed by atoms with Gasteiger partial charge < -0.3 is 33.3 Å². The quantitative estimate of drug-likeness (QED) is 0.0195. The maximum atomic E-state index is 12.9. The molecule has 0 aromatic rings. The Labute approximate surface area is 509 Å². The molecule has 0 aliphatic heterocycles. The highest BCUT2D eigenvalue weighted by atomic mass is 16.7. The van der Waals surface area contributed by atoms with Crippen LogP contribution >= 0.6 is 0 Å². The van der Waals surface area contributed by atoms with Crippen molar-refractivity contribution in [2.24, 2.45) is 0 Å². The topological polar surface area (TPSA) is 111 Å². The van der Waals surface area contributed by atoms with Crippen molar-refractivity contribution in [1.82, 2.24) is 0 Å². The number of allylic oxidation sites excluding steroid dienone is 22. The number of esters is 2. The van der Waals surface area contributed by atoms with Crippen LogP contribution in [0.5, 0.6) is 0 Å². The molecule has 0 rings (SSSR count). The Morgan fingerprint density at radius 3 is 1.02 bits per heavy atom. The zero-order chi connectivity index (χ0) is 60.5. The molecule has 0 bridgehead atoms. The summed E-state index contributed by atoms with van der Waals surface area (Å²) in [7, 11) is 5.92. The van der Waals surface area contributed by atoms with Crippen LogP contribution in [-0.2, 0) is 33.3 Å². The van der Waals surface area contributed by atoms with E-state index >= 15 is 0 Å². The van der Waals surface area contributed by atoms with Crippen LogP contribution in [-0.4, -0.2) is 82.3 Å². The van der Waals surface area contributed by atoms with Crippen molar-refractivity contribution in [3.05, 3.63) is 134 Å². The predicted octanol–water partition coefficient (Wildman–Crippen LogP) is 19.2. The minimum Gasteiger partial charge on any atom is -0.545 e. The largest absolute Gasteiger partial charge is 0.545 e. The lowest BCUT2D eigenvalue weighted by Gasteiger charge is -2.26. The van der Waals surface area contributed by atoms with Gasteiger partial charge in [0.15, 0.2) is 12.4 Å². The molecule has 0 amide bonds. The third-order valence-electron chi connectivity index (χ3n) is 13.9. The molecule has 83 heavy (non-hydrogen) atoms. The molecule has 0 fully saturated rings. The highest BCUT2D eigenvalue weighted by Gasteiger charge is 2.22. The van der Waals surface area contributed by atoms with Crippen LogP contribution in [0.25, 0.3) is 0 Å². The van der Waals surface area contributed by atoms with Gasteiger partial charge in [-0.3, -0.25) is 9.59 Å². The average molecular weight is 1150 g/mol. The molecule has 9 nitrogen and oxygen atoms in total. The van der Waals surface area contributed by atoms with Crippen LogP contribution < -0.4 is 5.11 Å². The van der Waals surface area contributed by atoms with Gasteiger partial charge in [-0.25, -0.2) is 0 Å². The number of quaternary nitrogens is 1. The van der Waals surface area contributed by atoms with Crippen LogP contribution in [0.4, 0.5) is 0 Å². The van der Waals surface area contributed by atoms with E-state index in [1.54, 1.807) is 0 Å². The van der Waals surface area contributed by atoms with E-state index in [4.69, 9.17) is 18.9 Å². The van der Waals surface area contributed by atoms with Crippen LogP contribution in [0.1, 0.15) is 258 Å². The standard InChI is InChI=1S/C74H123NO8/c1-6-8-10-12-14-16-18-20-22-24-25-26-27-28-29-30-31-32-33-34-35-36-37-38-39-40-41-42-43-44-45-46-47-49-51-53-55-57-59-61-63-65-72(77)83-70(69-82-74(73(78)79)80-67-66-75(3,4)5)68-81-71(76)64-62-60-58-56-54-52-50-48-23-21-19-17-15-13-11-9-7-2/h8,10,14-17,20-23,25-26,28-29,31-32,34-35,37-38,40-41,70,74H,6-7,9,11-13,18-19,24,27,30,33,36,39,42-69H2,1-5H3/b10-8-,16-14-,17-15-,22-20-,23-21-,26-25-,29-28-,32-31-,35-34-,38-37-,41-40-. The molecule has 2 unspecified atom stereocenters. The number of carboxylic acids is 1. The number of rotatable bonds is 60. The monoisotopic (exact) mass is 1150 g/mol. The van der Waals surface area contributed by atoms with Gasteiger partial charge in [-0.05, 0) is 116 Å². The van der Waals surface area contributed by atoms with E-state index in [0.29, 0.717) is 17.4 Å². The molecule has 0 aliphatic rings. The summed E-state index contributed by atoms with van der Waals surface area (Å²) < 4.78 is 22.7. The van der Waals surface area contributed by atoms with Gasteiger partial charge in [-0.15, -0.1) is 0 Å². The molecular formula is C74H123NO8. The Morgan fingerprint density at radius 2 is 0.687 bits per heavy atom. The molecule has 0 heterocycles. The van der Waals surface area contributed by atoms with E-state index in [2.05, 4.69) is 148 Å². The second-order valence-corrected chi connectivity index (χ2v) is 23.0. The second kappa shape index (κ2) is 63.5. The number of unbranched alkanes of at least 4 members (excludes halogenated alkanes) is 23. The lowest BCUT2D eigenvalue weighted by atomic mass is 10.0.